The Labute approximate surface area is 87.2 Å². The van der Waals surface area contributed by atoms with Crippen LogP contribution in [0.1, 0.15) is 30.7 Å². The van der Waals surface area contributed by atoms with Gasteiger partial charge in [0.25, 0.3) is 0 Å². The van der Waals surface area contributed by atoms with Crippen molar-refractivity contribution in [1.29, 1.82) is 0 Å². The molecule has 1 aliphatic carbocycles. The molecule has 0 aromatic heterocycles. The summed E-state index contributed by atoms with van der Waals surface area (Å²) >= 11 is 3.58. The van der Waals surface area contributed by atoms with Crippen LogP contribution in [0.3, 0.4) is 0 Å². The highest BCUT2D eigenvalue weighted by molar-refractivity contribution is 9.10. The molecule has 2 heteroatoms. The highest BCUT2D eigenvalue weighted by Crippen LogP contribution is 2.40. The Bertz CT molecular complexity index is 305. The largest absolute Gasteiger partial charge is 0.497 e. The second-order valence-electron chi connectivity index (χ2n) is 3.52. The summed E-state index contributed by atoms with van der Waals surface area (Å²) in [7, 11) is 1.70. The van der Waals surface area contributed by atoms with Gasteiger partial charge in [0.05, 0.1) is 7.11 Å². The number of benzene rings is 1. The van der Waals surface area contributed by atoms with Crippen molar-refractivity contribution in [2.24, 2.45) is 0 Å². The third-order valence-electron chi connectivity index (χ3n) is 2.75. The first-order valence-corrected chi connectivity index (χ1v) is 5.44. The maximum absolute atomic E-state index is 5.15. The SMILES string of the molecule is COc1ccc(C2CCC2)c(Br)c1. The highest BCUT2D eigenvalue weighted by atomic mass is 79.9. The lowest BCUT2D eigenvalue weighted by atomic mass is 9.80. The molecule has 1 aromatic rings. The van der Waals surface area contributed by atoms with E-state index in [2.05, 4.69) is 22.0 Å². The fraction of sp³-hybridized carbons (Fsp3) is 0.455. The van der Waals surface area contributed by atoms with Gasteiger partial charge in [-0.3, -0.25) is 0 Å². The van der Waals surface area contributed by atoms with Gasteiger partial charge in [-0.1, -0.05) is 28.4 Å². The van der Waals surface area contributed by atoms with Crippen molar-refractivity contribution in [2.75, 3.05) is 7.11 Å². The van der Waals surface area contributed by atoms with Crippen molar-refractivity contribution in [3.63, 3.8) is 0 Å². The molecule has 2 rings (SSSR count). The zero-order valence-electron chi connectivity index (χ0n) is 7.72. The molecule has 0 unspecified atom stereocenters. The summed E-state index contributed by atoms with van der Waals surface area (Å²) in [5.74, 6) is 1.70. The number of rotatable bonds is 2. The van der Waals surface area contributed by atoms with E-state index in [1.807, 2.05) is 12.1 Å². The van der Waals surface area contributed by atoms with Crippen LogP contribution in [0.25, 0.3) is 0 Å². The molecule has 0 saturated heterocycles. The molecule has 0 heterocycles. The average Bonchev–Trinajstić information content (AvgIpc) is 2.05. The lowest BCUT2D eigenvalue weighted by molar-refractivity contribution is 0.407. The molecule has 0 bridgehead atoms. The average molecular weight is 241 g/mol. The van der Waals surface area contributed by atoms with Gasteiger partial charge >= 0.3 is 0 Å². The van der Waals surface area contributed by atoms with Crippen molar-refractivity contribution in [1.82, 2.24) is 0 Å². The minimum Gasteiger partial charge on any atom is -0.497 e. The number of halogens is 1. The summed E-state index contributed by atoms with van der Waals surface area (Å²) in [4.78, 5) is 0. The third-order valence-corrected chi connectivity index (χ3v) is 3.44. The molecule has 1 nitrogen and oxygen atoms in total. The summed E-state index contributed by atoms with van der Waals surface area (Å²) in [6.07, 6.45) is 4.05. The summed E-state index contributed by atoms with van der Waals surface area (Å²) in [6, 6.07) is 6.26. The standard InChI is InChI=1S/C11H13BrO/c1-13-9-5-6-10(11(12)7-9)8-3-2-4-8/h5-8H,2-4H2,1H3. The van der Waals surface area contributed by atoms with E-state index >= 15 is 0 Å². The topological polar surface area (TPSA) is 9.23 Å². The molecule has 1 fully saturated rings. The van der Waals surface area contributed by atoms with Crippen LogP contribution in [-0.4, -0.2) is 7.11 Å². The quantitative estimate of drug-likeness (QED) is 0.766. The summed E-state index contributed by atoms with van der Waals surface area (Å²) in [6.45, 7) is 0. The number of hydrogen-bond donors (Lipinski definition) is 0. The lowest BCUT2D eigenvalue weighted by Crippen LogP contribution is -2.09. The van der Waals surface area contributed by atoms with Crippen LogP contribution in [0.15, 0.2) is 22.7 Å². The molecule has 0 atom stereocenters. The van der Waals surface area contributed by atoms with E-state index in [0.29, 0.717) is 0 Å². The fourth-order valence-electron chi connectivity index (χ4n) is 1.69. The van der Waals surface area contributed by atoms with E-state index < -0.39 is 0 Å². The van der Waals surface area contributed by atoms with E-state index in [0.717, 1.165) is 11.7 Å². The molecule has 0 N–H and O–H groups in total. The lowest BCUT2D eigenvalue weighted by Gasteiger charge is -2.26. The first-order valence-electron chi connectivity index (χ1n) is 4.64. The molecule has 70 valence electrons. The molecule has 1 saturated carbocycles. The van der Waals surface area contributed by atoms with Crippen LogP contribution in [-0.2, 0) is 0 Å². The predicted molar refractivity (Wildman–Crippen MR) is 57.3 cm³/mol. The highest BCUT2D eigenvalue weighted by Gasteiger charge is 2.21. The molecule has 0 radical (unpaired) electrons. The minimum absolute atomic E-state index is 0.778. The molecular weight excluding hydrogens is 228 g/mol. The van der Waals surface area contributed by atoms with Gasteiger partial charge in [-0.25, -0.2) is 0 Å². The number of hydrogen-bond acceptors (Lipinski definition) is 1. The molecule has 13 heavy (non-hydrogen) atoms. The maximum atomic E-state index is 5.15. The molecule has 1 aromatic carbocycles. The van der Waals surface area contributed by atoms with Gasteiger partial charge in [0.1, 0.15) is 5.75 Å². The zero-order chi connectivity index (χ0) is 9.26. The fourth-order valence-corrected chi connectivity index (χ4v) is 2.37. The first-order chi connectivity index (χ1) is 6.31. The van der Waals surface area contributed by atoms with Gasteiger partial charge in [0, 0.05) is 4.47 Å². The van der Waals surface area contributed by atoms with Crippen LogP contribution in [0.4, 0.5) is 0 Å². The smallest absolute Gasteiger partial charge is 0.120 e. The van der Waals surface area contributed by atoms with Gasteiger partial charge in [-0.15, -0.1) is 0 Å². The van der Waals surface area contributed by atoms with Crippen molar-refractivity contribution >= 4 is 15.9 Å². The molecule has 0 spiro atoms. The second kappa shape index (κ2) is 3.70. The van der Waals surface area contributed by atoms with Crippen LogP contribution >= 0.6 is 15.9 Å². The Kier molecular flexibility index (Phi) is 2.58. The van der Waals surface area contributed by atoms with E-state index in [4.69, 9.17) is 4.74 Å². The number of methoxy groups -OCH3 is 1. The second-order valence-corrected chi connectivity index (χ2v) is 4.37. The Morgan fingerprint density at radius 1 is 1.38 bits per heavy atom. The maximum Gasteiger partial charge on any atom is 0.120 e. The zero-order valence-corrected chi connectivity index (χ0v) is 9.30. The van der Waals surface area contributed by atoms with Crippen molar-refractivity contribution in [3.05, 3.63) is 28.2 Å². The van der Waals surface area contributed by atoms with Crippen molar-refractivity contribution in [2.45, 2.75) is 25.2 Å². The summed E-state index contributed by atoms with van der Waals surface area (Å²) < 4.78 is 6.34. The Balaban J connectivity index is 2.26. The number of ether oxygens (including phenoxy) is 1. The minimum atomic E-state index is 0.778. The normalized spacial score (nSPS) is 16.8. The van der Waals surface area contributed by atoms with Crippen LogP contribution in [0.2, 0.25) is 0 Å². The van der Waals surface area contributed by atoms with Gasteiger partial charge in [0.2, 0.25) is 0 Å². The molecule has 1 aliphatic rings. The molecule has 0 amide bonds. The summed E-state index contributed by atoms with van der Waals surface area (Å²) in [5, 5.41) is 0. The first kappa shape index (κ1) is 9.07. The molecule has 0 aliphatic heterocycles. The Morgan fingerprint density at radius 2 is 2.15 bits per heavy atom. The van der Waals surface area contributed by atoms with Crippen LogP contribution in [0, 0.1) is 0 Å². The third kappa shape index (κ3) is 1.73. The van der Waals surface area contributed by atoms with Crippen molar-refractivity contribution < 1.29 is 4.74 Å². The van der Waals surface area contributed by atoms with Gasteiger partial charge in [-0.05, 0) is 36.5 Å². The van der Waals surface area contributed by atoms with E-state index in [9.17, 15) is 0 Å². The van der Waals surface area contributed by atoms with Crippen LogP contribution in [0.5, 0.6) is 5.75 Å². The van der Waals surface area contributed by atoms with Gasteiger partial charge < -0.3 is 4.74 Å². The van der Waals surface area contributed by atoms with E-state index in [1.165, 1.54) is 29.3 Å². The monoisotopic (exact) mass is 240 g/mol. The van der Waals surface area contributed by atoms with E-state index in [-0.39, 0.29) is 0 Å². The van der Waals surface area contributed by atoms with Crippen LogP contribution < -0.4 is 4.74 Å². The molecular formula is C11H13BrO. The van der Waals surface area contributed by atoms with Gasteiger partial charge in [-0.2, -0.15) is 0 Å². The Morgan fingerprint density at radius 3 is 2.62 bits per heavy atom. The predicted octanol–water partition coefficient (Wildman–Crippen LogP) is 3.73. The van der Waals surface area contributed by atoms with E-state index in [1.54, 1.807) is 7.11 Å². The van der Waals surface area contributed by atoms with Crippen molar-refractivity contribution in [3.8, 4) is 5.75 Å². The Hall–Kier alpha value is -0.500. The summed E-state index contributed by atoms with van der Waals surface area (Å²) in [5.41, 5.74) is 1.44. The van der Waals surface area contributed by atoms with Gasteiger partial charge in [0.15, 0.2) is 0 Å².